The van der Waals surface area contributed by atoms with Crippen molar-refractivity contribution in [2.45, 2.75) is 39.9 Å². The van der Waals surface area contributed by atoms with Gasteiger partial charge in [-0.2, -0.15) is 4.98 Å². The average Bonchev–Trinajstić information content (AvgIpc) is 2.80. The van der Waals surface area contributed by atoms with E-state index >= 15 is 0 Å². The van der Waals surface area contributed by atoms with E-state index in [9.17, 15) is 9.90 Å². The Labute approximate surface area is 201 Å². The van der Waals surface area contributed by atoms with E-state index in [-0.39, 0.29) is 17.5 Å². The van der Waals surface area contributed by atoms with Crippen molar-refractivity contribution >= 4 is 11.6 Å². The highest BCUT2D eigenvalue weighted by atomic mass is 35.5. The van der Waals surface area contributed by atoms with Gasteiger partial charge in [-0.1, -0.05) is 29.8 Å². The summed E-state index contributed by atoms with van der Waals surface area (Å²) in [5.74, 6) is 0.780. The number of ether oxygens (including phenoxy) is 1. The van der Waals surface area contributed by atoms with E-state index in [1.165, 1.54) is 4.57 Å². The Kier molecular flexibility index (Phi) is 6.45. The smallest absolute Gasteiger partial charge is 0.280 e. The van der Waals surface area contributed by atoms with Gasteiger partial charge in [0.2, 0.25) is 5.88 Å². The topological polar surface area (TPSA) is 103 Å². The van der Waals surface area contributed by atoms with Crippen molar-refractivity contribution in [3.63, 3.8) is 0 Å². The third kappa shape index (κ3) is 4.98. The molecule has 34 heavy (non-hydrogen) atoms. The summed E-state index contributed by atoms with van der Waals surface area (Å²) in [6.07, 6.45) is 1.59. The number of aromatic nitrogens is 5. The fourth-order valence-corrected chi connectivity index (χ4v) is 3.60. The number of nitrogens with zero attached hydrogens (tertiary/aromatic N) is 5. The Morgan fingerprint density at radius 1 is 1.06 bits per heavy atom. The van der Waals surface area contributed by atoms with Gasteiger partial charge < -0.3 is 9.84 Å². The monoisotopic (exact) mass is 477 g/mol. The summed E-state index contributed by atoms with van der Waals surface area (Å²) >= 11 is 6.36. The van der Waals surface area contributed by atoms with Gasteiger partial charge in [0.25, 0.3) is 5.56 Å². The van der Waals surface area contributed by atoms with E-state index in [0.717, 1.165) is 11.3 Å². The van der Waals surface area contributed by atoms with Crippen LogP contribution in [0.1, 0.15) is 36.9 Å². The third-order valence-electron chi connectivity index (χ3n) is 5.07. The van der Waals surface area contributed by atoms with Gasteiger partial charge in [-0.25, -0.2) is 9.97 Å². The predicted octanol–water partition coefficient (Wildman–Crippen LogP) is 4.16. The van der Waals surface area contributed by atoms with Crippen molar-refractivity contribution < 1.29 is 9.84 Å². The molecule has 4 aromatic rings. The maximum Gasteiger partial charge on any atom is 0.280 e. The molecule has 0 aliphatic rings. The first kappa shape index (κ1) is 23.5. The first-order valence-corrected chi connectivity index (χ1v) is 11.0. The molecule has 174 valence electrons. The van der Waals surface area contributed by atoms with E-state index in [1.54, 1.807) is 45.2 Å². The lowest BCUT2D eigenvalue weighted by Gasteiger charge is -2.16. The van der Waals surface area contributed by atoms with Crippen LogP contribution in [0.5, 0.6) is 5.88 Å². The first-order valence-electron chi connectivity index (χ1n) is 10.6. The van der Waals surface area contributed by atoms with Crippen LogP contribution in [0.15, 0.2) is 59.5 Å². The van der Waals surface area contributed by atoms with Crippen LogP contribution in [-0.4, -0.2) is 29.6 Å². The molecule has 0 spiro atoms. The maximum absolute atomic E-state index is 13.1. The summed E-state index contributed by atoms with van der Waals surface area (Å²) in [5.41, 5.74) is 1.89. The molecule has 1 aromatic carbocycles. The third-order valence-corrected chi connectivity index (χ3v) is 5.39. The molecule has 4 rings (SSSR count). The number of hydrogen-bond acceptors (Lipinski definition) is 7. The molecule has 0 aliphatic carbocycles. The molecular formula is C25H24ClN5O3. The molecule has 0 amide bonds. The highest BCUT2D eigenvalue weighted by Gasteiger charge is 2.20. The van der Waals surface area contributed by atoms with Gasteiger partial charge in [-0.3, -0.25) is 14.3 Å². The number of hydrogen-bond donors (Lipinski definition) is 1. The fraction of sp³-hybridized carbons (Fsp3) is 0.240. The molecule has 0 atom stereocenters. The van der Waals surface area contributed by atoms with Crippen molar-refractivity contribution in [1.29, 1.82) is 0 Å². The summed E-state index contributed by atoms with van der Waals surface area (Å²) in [6.45, 7) is 6.99. The van der Waals surface area contributed by atoms with Gasteiger partial charge in [0, 0.05) is 17.5 Å². The van der Waals surface area contributed by atoms with E-state index in [1.807, 2.05) is 37.3 Å². The zero-order chi connectivity index (χ0) is 24.5. The van der Waals surface area contributed by atoms with Crippen LogP contribution < -0.4 is 10.3 Å². The predicted molar refractivity (Wildman–Crippen MR) is 129 cm³/mol. The summed E-state index contributed by atoms with van der Waals surface area (Å²) in [5, 5.41) is 10.1. The lowest BCUT2D eigenvalue weighted by molar-refractivity contribution is 0.0688. The Morgan fingerprint density at radius 2 is 1.82 bits per heavy atom. The molecule has 0 aliphatic heterocycles. The van der Waals surface area contributed by atoms with E-state index in [4.69, 9.17) is 16.3 Å². The fourth-order valence-electron chi connectivity index (χ4n) is 3.42. The van der Waals surface area contributed by atoms with Crippen LogP contribution in [0, 0.1) is 13.8 Å². The van der Waals surface area contributed by atoms with Gasteiger partial charge in [-0.05, 0) is 58.0 Å². The van der Waals surface area contributed by atoms with Crippen LogP contribution in [0.4, 0.5) is 0 Å². The van der Waals surface area contributed by atoms with Crippen molar-refractivity contribution in [1.82, 2.24) is 24.5 Å². The second-order valence-electron chi connectivity index (χ2n) is 8.35. The standard InChI is InChI=1S/C25H24ClN5O3/c1-15-7-5-9-18(28-15)14-34-22-21(26)23(32)31(16(2)29-22)19-10-6-8-17(13-19)20-11-12-27-24(30-20)25(3,4)33/h5-13,33H,14H2,1-4H3. The molecule has 1 N–H and O–H groups in total. The molecule has 8 nitrogen and oxygen atoms in total. The number of rotatable bonds is 6. The van der Waals surface area contributed by atoms with Gasteiger partial charge in [0.1, 0.15) is 18.0 Å². The van der Waals surface area contributed by atoms with E-state index in [2.05, 4.69) is 19.9 Å². The molecule has 0 saturated carbocycles. The number of aliphatic hydroxyl groups is 1. The minimum atomic E-state index is -1.18. The number of pyridine rings is 1. The summed E-state index contributed by atoms with van der Waals surface area (Å²) < 4.78 is 7.13. The number of benzene rings is 1. The zero-order valence-corrected chi connectivity index (χ0v) is 20.0. The van der Waals surface area contributed by atoms with Crippen molar-refractivity contribution in [2.24, 2.45) is 0 Å². The average molecular weight is 478 g/mol. The van der Waals surface area contributed by atoms with Crippen molar-refractivity contribution in [2.75, 3.05) is 0 Å². The second kappa shape index (κ2) is 9.32. The zero-order valence-electron chi connectivity index (χ0n) is 19.3. The molecule has 0 bridgehead atoms. The minimum absolute atomic E-state index is 0.0606. The van der Waals surface area contributed by atoms with Crippen molar-refractivity contribution in [3.8, 4) is 22.8 Å². The van der Waals surface area contributed by atoms with Gasteiger partial charge >= 0.3 is 0 Å². The van der Waals surface area contributed by atoms with Crippen LogP contribution in [0.2, 0.25) is 5.02 Å². The van der Waals surface area contributed by atoms with E-state index in [0.29, 0.717) is 28.7 Å². The molecule has 0 saturated heterocycles. The summed E-state index contributed by atoms with van der Waals surface area (Å²) in [4.78, 5) is 30.6. The van der Waals surface area contributed by atoms with Gasteiger partial charge in [0.05, 0.1) is 17.1 Å². The Bertz CT molecular complexity index is 1410. The lowest BCUT2D eigenvalue weighted by atomic mass is 10.1. The van der Waals surface area contributed by atoms with Crippen LogP contribution in [0.25, 0.3) is 16.9 Å². The molecule has 9 heteroatoms. The molecular weight excluding hydrogens is 454 g/mol. The Morgan fingerprint density at radius 3 is 2.56 bits per heavy atom. The molecule has 0 unspecified atom stereocenters. The Hall–Kier alpha value is -3.62. The summed E-state index contributed by atoms with van der Waals surface area (Å²) in [6, 6.07) is 14.6. The van der Waals surface area contributed by atoms with Crippen LogP contribution in [-0.2, 0) is 12.2 Å². The maximum atomic E-state index is 13.1. The number of aryl methyl sites for hydroxylation is 2. The molecule has 3 heterocycles. The summed E-state index contributed by atoms with van der Waals surface area (Å²) in [7, 11) is 0. The van der Waals surface area contributed by atoms with Crippen molar-refractivity contribution in [3.05, 3.63) is 93.1 Å². The van der Waals surface area contributed by atoms with Crippen LogP contribution >= 0.6 is 11.6 Å². The second-order valence-corrected chi connectivity index (χ2v) is 8.73. The normalized spacial score (nSPS) is 11.5. The largest absolute Gasteiger partial charge is 0.470 e. The Balaban J connectivity index is 1.68. The van der Waals surface area contributed by atoms with Crippen LogP contribution in [0.3, 0.4) is 0 Å². The van der Waals surface area contributed by atoms with E-state index < -0.39 is 11.2 Å². The lowest BCUT2D eigenvalue weighted by Crippen LogP contribution is -2.23. The molecule has 0 radical (unpaired) electrons. The molecule has 3 aromatic heterocycles. The molecule has 0 fully saturated rings. The highest BCUT2D eigenvalue weighted by molar-refractivity contribution is 6.31. The van der Waals surface area contributed by atoms with Gasteiger partial charge in [0.15, 0.2) is 10.8 Å². The van der Waals surface area contributed by atoms with Gasteiger partial charge in [-0.15, -0.1) is 0 Å². The minimum Gasteiger partial charge on any atom is -0.470 e. The number of halogens is 1. The SMILES string of the molecule is Cc1cccc(COc2nc(C)n(-c3cccc(-c4ccnc(C(C)(C)O)n4)c3)c(=O)c2Cl)n1. The first-order chi connectivity index (χ1) is 16.1. The highest BCUT2D eigenvalue weighted by Crippen LogP contribution is 2.25. The quantitative estimate of drug-likeness (QED) is 0.444.